The Morgan fingerprint density at radius 1 is 1.38 bits per heavy atom. The maximum atomic E-state index is 12.3. The van der Waals surface area contributed by atoms with Gasteiger partial charge in [-0.15, -0.1) is 11.8 Å². The molecule has 0 unspecified atom stereocenters. The van der Waals surface area contributed by atoms with Crippen molar-refractivity contribution in [1.29, 1.82) is 0 Å². The van der Waals surface area contributed by atoms with Crippen molar-refractivity contribution in [2.75, 3.05) is 18.8 Å². The van der Waals surface area contributed by atoms with Gasteiger partial charge in [0.25, 0.3) is 0 Å². The summed E-state index contributed by atoms with van der Waals surface area (Å²) in [5.41, 5.74) is 0. The zero-order valence-electron chi connectivity index (χ0n) is 11.5. The summed E-state index contributed by atoms with van der Waals surface area (Å²) < 4.78 is 0. The smallest absolute Gasteiger partial charge is 0.233 e. The van der Waals surface area contributed by atoms with Crippen LogP contribution in [-0.2, 0) is 9.59 Å². The number of hydrogen-bond donors (Lipinski definition) is 1. The molecule has 1 aromatic carbocycles. The van der Waals surface area contributed by atoms with Crippen LogP contribution in [0.3, 0.4) is 0 Å². The first kappa shape index (κ1) is 14.7. The van der Waals surface area contributed by atoms with Crippen LogP contribution in [0.4, 0.5) is 0 Å². The Bertz CT molecular complexity index is 549. The Morgan fingerprint density at radius 3 is 2.90 bits per heavy atom. The van der Waals surface area contributed by atoms with Crippen molar-refractivity contribution in [3.63, 3.8) is 0 Å². The van der Waals surface area contributed by atoms with Crippen LogP contribution in [0.25, 0.3) is 0 Å². The second-order valence-corrected chi connectivity index (χ2v) is 6.99. The molecule has 2 saturated heterocycles. The summed E-state index contributed by atoms with van der Waals surface area (Å²) >= 11 is 7.36. The van der Waals surface area contributed by atoms with Crippen LogP contribution in [0.15, 0.2) is 29.2 Å². The fourth-order valence-corrected chi connectivity index (χ4v) is 3.83. The van der Waals surface area contributed by atoms with Gasteiger partial charge in [-0.2, -0.15) is 0 Å². The van der Waals surface area contributed by atoms with Gasteiger partial charge in [-0.05, 0) is 36.6 Å². The molecule has 1 aromatic rings. The summed E-state index contributed by atoms with van der Waals surface area (Å²) in [6.45, 7) is 1.41. The Hall–Kier alpha value is -1.20. The van der Waals surface area contributed by atoms with Crippen molar-refractivity contribution in [2.45, 2.75) is 23.8 Å². The molecule has 2 atom stereocenters. The van der Waals surface area contributed by atoms with E-state index in [9.17, 15) is 9.59 Å². The minimum atomic E-state index is 0.120. The number of rotatable bonds is 3. The molecule has 2 aliphatic heterocycles. The number of fused-ring (bicyclic) bond motifs is 1. The zero-order chi connectivity index (χ0) is 14.8. The van der Waals surface area contributed by atoms with Crippen LogP contribution in [0, 0.1) is 5.92 Å². The second-order valence-electron chi connectivity index (χ2n) is 5.51. The van der Waals surface area contributed by atoms with Crippen molar-refractivity contribution in [1.82, 2.24) is 10.2 Å². The molecule has 2 heterocycles. The highest BCUT2D eigenvalue weighted by Crippen LogP contribution is 2.27. The van der Waals surface area contributed by atoms with Crippen molar-refractivity contribution in [3.8, 4) is 0 Å². The Morgan fingerprint density at radius 2 is 2.14 bits per heavy atom. The van der Waals surface area contributed by atoms with Crippen LogP contribution in [0.2, 0.25) is 5.02 Å². The zero-order valence-corrected chi connectivity index (χ0v) is 13.1. The van der Waals surface area contributed by atoms with E-state index in [0.29, 0.717) is 29.7 Å². The Labute approximate surface area is 133 Å². The van der Waals surface area contributed by atoms with Crippen LogP contribution in [0.5, 0.6) is 0 Å². The molecular weight excluding hydrogens is 308 g/mol. The average Bonchev–Trinajstić information content (AvgIpc) is 2.85. The SMILES string of the molecule is O=C1C[C@H]2CCN(C(=O)CSc3ccc(Cl)cc3)C[C@H]2N1. The predicted molar refractivity (Wildman–Crippen MR) is 83.4 cm³/mol. The van der Waals surface area contributed by atoms with Crippen molar-refractivity contribution in [2.24, 2.45) is 5.92 Å². The largest absolute Gasteiger partial charge is 0.351 e. The van der Waals surface area contributed by atoms with Gasteiger partial charge in [0.2, 0.25) is 11.8 Å². The number of nitrogens with one attached hydrogen (secondary N) is 1. The summed E-state index contributed by atoms with van der Waals surface area (Å²) in [5.74, 6) is 1.09. The van der Waals surface area contributed by atoms with Gasteiger partial charge < -0.3 is 10.2 Å². The lowest BCUT2D eigenvalue weighted by molar-refractivity contribution is -0.130. The lowest BCUT2D eigenvalue weighted by atomic mass is 9.92. The summed E-state index contributed by atoms with van der Waals surface area (Å²) in [6, 6.07) is 7.64. The normalized spacial score (nSPS) is 24.6. The van der Waals surface area contributed by atoms with E-state index in [4.69, 9.17) is 11.6 Å². The molecule has 0 aromatic heterocycles. The number of likely N-dealkylation sites (tertiary alicyclic amines) is 1. The number of nitrogens with zero attached hydrogens (tertiary/aromatic N) is 1. The number of benzene rings is 1. The van der Waals surface area contributed by atoms with Crippen LogP contribution < -0.4 is 5.32 Å². The first-order valence-corrected chi connectivity index (χ1v) is 8.43. The summed E-state index contributed by atoms with van der Waals surface area (Å²) in [4.78, 5) is 26.6. The topological polar surface area (TPSA) is 49.4 Å². The van der Waals surface area contributed by atoms with Gasteiger partial charge in [0.05, 0.1) is 5.75 Å². The van der Waals surface area contributed by atoms with Gasteiger partial charge in [-0.25, -0.2) is 0 Å². The molecular formula is C15H17ClN2O2S. The van der Waals surface area contributed by atoms with Gasteiger partial charge in [-0.3, -0.25) is 9.59 Å². The molecule has 0 aliphatic carbocycles. The molecule has 6 heteroatoms. The number of carbonyl (C=O) groups excluding carboxylic acids is 2. The van der Waals surface area contributed by atoms with E-state index in [-0.39, 0.29) is 17.9 Å². The third-order valence-corrected chi connectivity index (χ3v) is 5.33. The number of carbonyl (C=O) groups is 2. The minimum absolute atomic E-state index is 0.120. The molecule has 0 bridgehead atoms. The number of amides is 2. The highest BCUT2D eigenvalue weighted by molar-refractivity contribution is 8.00. The van der Waals surface area contributed by atoms with Crippen LogP contribution in [-0.4, -0.2) is 41.6 Å². The number of halogens is 1. The quantitative estimate of drug-likeness (QED) is 0.867. The number of hydrogen-bond acceptors (Lipinski definition) is 3. The van der Waals surface area contributed by atoms with E-state index in [1.165, 1.54) is 11.8 Å². The van der Waals surface area contributed by atoms with Crippen molar-refractivity contribution >= 4 is 35.2 Å². The van der Waals surface area contributed by atoms with E-state index in [1.807, 2.05) is 29.2 Å². The van der Waals surface area contributed by atoms with Crippen LogP contribution in [0.1, 0.15) is 12.8 Å². The van der Waals surface area contributed by atoms with Gasteiger partial charge in [-0.1, -0.05) is 11.6 Å². The summed E-state index contributed by atoms with van der Waals surface area (Å²) in [5, 5.41) is 3.67. The highest BCUT2D eigenvalue weighted by atomic mass is 35.5. The first-order chi connectivity index (χ1) is 10.1. The molecule has 4 nitrogen and oxygen atoms in total. The Kier molecular flexibility index (Phi) is 4.40. The molecule has 2 amide bonds. The molecule has 0 saturated carbocycles. The molecule has 21 heavy (non-hydrogen) atoms. The number of thioether (sulfide) groups is 1. The average molecular weight is 325 g/mol. The fraction of sp³-hybridized carbons (Fsp3) is 0.467. The van der Waals surface area contributed by atoms with Gasteiger partial charge in [0.15, 0.2) is 0 Å². The standard InChI is InChI=1S/C15H17ClN2O2S/c16-11-1-3-12(4-2-11)21-9-15(20)18-6-5-10-7-14(19)17-13(10)8-18/h1-4,10,13H,5-9H2,(H,17,19)/t10-,13-/m1/s1. The van der Waals surface area contributed by atoms with Gasteiger partial charge >= 0.3 is 0 Å². The molecule has 0 radical (unpaired) electrons. The third kappa shape index (κ3) is 3.52. The minimum Gasteiger partial charge on any atom is -0.351 e. The first-order valence-electron chi connectivity index (χ1n) is 7.07. The fourth-order valence-electron chi connectivity index (χ4n) is 2.91. The Balaban J connectivity index is 1.51. The third-order valence-electron chi connectivity index (χ3n) is 4.08. The maximum Gasteiger partial charge on any atom is 0.233 e. The molecule has 3 rings (SSSR count). The van der Waals surface area contributed by atoms with Gasteiger partial charge in [0, 0.05) is 35.5 Å². The molecule has 1 N–H and O–H groups in total. The van der Waals surface area contributed by atoms with Crippen LogP contribution >= 0.6 is 23.4 Å². The predicted octanol–water partition coefficient (Wildman–Crippen LogP) is 2.17. The molecule has 2 fully saturated rings. The lowest BCUT2D eigenvalue weighted by Gasteiger charge is -2.34. The second kappa shape index (κ2) is 6.28. The monoisotopic (exact) mass is 324 g/mol. The molecule has 2 aliphatic rings. The van der Waals surface area contributed by atoms with E-state index in [0.717, 1.165) is 17.9 Å². The summed E-state index contributed by atoms with van der Waals surface area (Å²) in [7, 11) is 0. The van der Waals surface area contributed by atoms with E-state index in [2.05, 4.69) is 5.32 Å². The lowest BCUT2D eigenvalue weighted by Crippen LogP contribution is -2.49. The molecule has 112 valence electrons. The van der Waals surface area contributed by atoms with Crippen molar-refractivity contribution < 1.29 is 9.59 Å². The summed E-state index contributed by atoms with van der Waals surface area (Å²) in [6.07, 6.45) is 1.53. The van der Waals surface area contributed by atoms with E-state index in [1.54, 1.807) is 0 Å². The van der Waals surface area contributed by atoms with Gasteiger partial charge in [0.1, 0.15) is 0 Å². The molecule has 0 spiro atoms. The highest BCUT2D eigenvalue weighted by Gasteiger charge is 2.37. The number of piperidine rings is 1. The van der Waals surface area contributed by atoms with E-state index >= 15 is 0 Å². The van der Waals surface area contributed by atoms with E-state index < -0.39 is 0 Å². The van der Waals surface area contributed by atoms with Crippen molar-refractivity contribution in [3.05, 3.63) is 29.3 Å². The maximum absolute atomic E-state index is 12.3.